The summed E-state index contributed by atoms with van der Waals surface area (Å²) in [6.07, 6.45) is 0. The summed E-state index contributed by atoms with van der Waals surface area (Å²) in [6, 6.07) is 6.06. The third-order valence-electron chi connectivity index (χ3n) is 2.94. The zero-order chi connectivity index (χ0) is 11.0. The van der Waals surface area contributed by atoms with E-state index in [9.17, 15) is 5.11 Å². The van der Waals surface area contributed by atoms with Crippen LogP contribution in [0.3, 0.4) is 0 Å². The van der Waals surface area contributed by atoms with Crippen LogP contribution in [-0.4, -0.2) is 24.4 Å². The van der Waals surface area contributed by atoms with Gasteiger partial charge >= 0.3 is 0 Å². The molecule has 0 unspecified atom stereocenters. The topological polar surface area (TPSA) is 26.7 Å². The van der Waals surface area contributed by atoms with Gasteiger partial charge in [-0.05, 0) is 32.9 Å². The summed E-state index contributed by atoms with van der Waals surface area (Å²) in [4.78, 5) is 4.62. The van der Waals surface area contributed by atoms with Gasteiger partial charge in [0, 0.05) is 18.7 Å². The molecule has 0 atom stereocenters. The number of anilines is 2. The van der Waals surface area contributed by atoms with Crippen LogP contribution in [0.25, 0.3) is 0 Å². The van der Waals surface area contributed by atoms with E-state index in [4.69, 9.17) is 0 Å². The van der Waals surface area contributed by atoms with Crippen molar-refractivity contribution in [3.63, 3.8) is 0 Å². The van der Waals surface area contributed by atoms with Crippen molar-refractivity contribution < 1.29 is 5.11 Å². The molecule has 0 bridgehead atoms. The van der Waals surface area contributed by atoms with E-state index < -0.39 is 0 Å². The number of nitrogens with zero attached hydrogens (tertiary/aromatic N) is 2. The number of aromatic hydroxyl groups is 1. The van der Waals surface area contributed by atoms with Gasteiger partial charge in [-0.2, -0.15) is 0 Å². The molecule has 0 spiro atoms. The van der Waals surface area contributed by atoms with E-state index in [1.807, 2.05) is 12.1 Å². The molecule has 3 heteroatoms. The van der Waals surface area contributed by atoms with Crippen LogP contribution < -0.4 is 9.80 Å². The molecule has 15 heavy (non-hydrogen) atoms. The lowest BCUT2D eigenvalue weighted by molar-refractivity contribution is 0.475. The summed E-state index contributed by atoms with van der Waals surface area (Å²) in [7, 11) is 0. The number of phenolic OH excluding ortho intramolecular Hbond substituents is 1. The quantitative estimate of drug-likeness (QED) is 0.805. The van der Waals surface area contributed by atoms with Crippen LogP contribution in [-0.2, 0) is 0 Å². The second-order valence-electron chi connectivity index (χ2n) is 4.23. The molecule has 2 rings (SSSR count). The van der Waals surface area contributed by atoms with Gasteiger partial charge in [-0.1, -0.05) is 0 Å². The maximum atomic E-state index is 9.51. The van der Waals surface area contributed by atoms with Crippen molar-refractivity contribution in [1.29, 1.82) is 0 Å². The fourth-order valence-corrected chi connectivity index (χ4v) is 2.06. The number of rotatable bonds is 2. The van der Waals surface area contributed by atoms with Crippen LogP contribution in [0.1, 0.15) is 20.8 Å². The average molecular weight is 206 g/mol. The first kappa shape index (κ1) is 10.1. The zero-order valence-electron chi connectivity index (χ0n) is 9.57. The maximum Gasteiger partial charge on any atom is 0.117 e. The van der Waals surface area contributed by atoms with Crippen LogP contribution in [0, 0.1) is 0 Å². The molecular weight excluding hydrogens is 188 g/mol. The first-order valence-corrected chi connectivity index (χ1v) is 5.48. The van der Waals surface area contributed by atoms with E-state index in [0.29, 0.717) is 11.8 Å². The summed E-state index contributed by atoms with van der Waals surface area (Å²) < 4.78 is 0. The van der Waals surface area contributed by atoms with Crippen molar-refractivity contribution in [2.24, 2.45) is 0 Å². The summed E-state index contributed by atoms with van der Waals surface area (Å²) in [5, 5.41) is 9.51. The van der Waals surface area contributed by atoms with E-state index in [0.717, 1.165) is 18.9 Å². The van der Waals surface area contributed by atoms with Gasteiger partial charge < -0.3 is 14.9 Å². The Morgan fingerprint density at radius 2 is 2.07 bits per heavy atom. The van der Waals surface area contributed by atoms with E-state index >= 15 is 0 Å². The van der Waals surface area contributed by atoms with Gasteiger partial charge in [0.15, 0.2) is 0 Å². The molecule has 1 aliphatic rings. The Kier molecular flexibility index (Phi) is 2.47. The van der Waals surface area contributed by atoms with Gasteiger partial charge in [0.1, 0.15) is 5.75 Å². The molecule has 1 aliphatic heterocycles. The molecule has 3 nitrogen and oxygen atoms in total. The normalized spacial score (nSPS) is 14.9. The molecule has 82 valence electrons. The van der Waals surface area contributed by atoms with Crippen molar-refractivity contribution in [2.75, 3.05) is 23.0 Å². The Balaban J connectivity index is 2.43. The molecule has 0 fully saturated rings. The monoisotopic (exact) mass is 206 g/mol. The maximum absolute atomic E-state index is 9.51. The average Bonchev–Trinajstić information content (AvgIpc) is 2.55. The molecule has 1 aromatic rings. The van der Waals surface area contributed by atoms with Crippen LogP contribution >= 0.6 is 0 Å². The van der Waals surface area contributed by atoms with E-state index in [1.165, 1.54) is 5.69 Å². The minimum absolute atomic E-state index is 0.345. The first-order chi connectivity index (χ1) is 7.13. The SMILES string of the molecule is CCN1CN(C(C)C)c2cc(O)ccc21. The third kappa shape index (κ3) is 1.62. The second kappa shape index (κ2) is 3.65. The molecule has 0 radical (unpaired) electrons. The van der Waals surface area contributed by atoms with Crippen LogP contribution in [0.4, 0.5) is 11.4 Å². The Bertz CT molecular complexity index is 363. The standard InChI is InChI=1S/C12H18N2O/c1-4-13-8-14(9(2)3)12-7-10(15)5-6-11(12)13/h5-7,9,15H,4,8H2,1-3H3. The first-order valence-electron chi connectivity index (χ1n) is 5.48. The minimum atomic E-state index is 0.345. The highest BCUT2D eigenvalue weighted by Crippen LogP contribution is 2.38. The summed E-state index contributed by atoms with van der Waals surface area (Å²) in [5.41, 5.74) is 2.37. The lowest BCUT2D eigenvalue weighted by atomic mass is 10.2. The fourth-order valence-electron chi connectivity index (χ4n) is 2.06. The van der Waals surface area contributed by atoms with Crippen LogP contribution in [0.15, 0.2) is 18.2 Å². The molecule has 0 aliphatic carbocycles. The Morgan fingerprint density at radius 3 is 2.67 bits per heavy atom. The second-order valence-corrected chi connectivity index (χ2v) is 4.23. The highest BCUT2D eigenvalue weighted by Gasteiger charge is 2.26. The molecule has 1 N–H and O–H groups in total. The molecular formula is C12H18N2O. The molecule has 0 saturated carbocycles. The van der Waals surface area contributed by atoms with Crippen LogP contribution in [0.2, 0.25) is 0 Å². The van der Waals surface area contributed by atoms with Gasteiger partial charge in [-0.25, -0.2) is 0 Å². The lowest BCUT2D eigenvalue weighted by Crippen LogP contribution is -2.35. The van der Waals surface area contributed by atoms with Crippen molar-refractivity contribution in [2.45, 2.75) is 26.8 Å². The summed E-state index contributed by atoms with van der Waals surface area (Å²) in [6.45, 7) is 8.42. The summed E-state index contributed by atoms with van der Waals surface area (Å²) in [5.74, 6) is 0.345. The predicted octanol–water partition coefficient (Wildman–Crippen LogP) is 2.40. The number of hydrogen-bond donors (Lipinski definition) is 1. The molecule has 0 aromatic heterocycles. The smallest absolute Gasteiger partial charge is 0.117 e. The Labute approximate surface area is 90.9 Å². The Morgan fingerprint density at radius 1 is 1.33 bits per heavy atom. The third-order valence-corrected chi connectivity index (χ3v) is 2.94. The predicted molar refractivity (Wildman–Crippen MR) is 63.6 cm³/mol. The van der Waals surface area contributed by atoms with E-state index in [1.54, 1.807) is 6.07 Å². The van der Waals surface area contributed by atoms with Gasteiger partial charge in [0.2, 0.25) is 0 Å². The number of hydrogen-bond acceptors (Lipinski definition) is 3. The van der Waals surface area contributed by atoms with Crippen molar-refractivity contribution in [3.8, 4) is 5.75 Å². The van der Waals surface area contributed by atoms with Crippen molar-refractivity contribution in [1.82, 2.24) is 0 Å². The molecule has 0 amide bonds. The van der Waals surface area contributed by atoms with E-state index in [-0.39, 0.29) is 0 Å². The van der Waals surface area contributed by atoms with Gasteiger partial charge in [0.05, 0.1) is 18.0 Å². The van der Waals surface area contributed by atoms with E-state index in [2.05, 4.69) is 30.6 Å². The highest BCUT2D eigenvalue weighted by molar-refractivity contribution is 5.77. The molecule has 1 heterocycles. The molecule has 1 aromatic carbocycles. The largest absolute Gasteiger partial charge is 0.508 e. The van der Waals surface area contributed by atoms with Crippen LogP contribution in [0.5, 0.6) is 5.75 Å². The van der Waals surface area contributed by atoms with Gasteiger partial charge in [-0.3, -0.25) is 0 Å². The number of benzene rings is 1. The van der Waals surface area contributed by atoms with Gasteiger partial charge in [0.25, 0.3) is 0 Å². The number of phenols is 1. The highest BCUT2D eigenvalue weighted by atomic mass is 16.3. The zero-order valence-corrected chi connectivity index (χ0v) is 9.57. The fraction of sp³-hybridized carbons (Fsp3) is 0.500. The molecule has 0 saturated heterocycles. The number of fused-ring (bicyclic) bond motifs is 1. The Hall–Kier alpha value is -1.38. The van der Waals surface area contributed by atoms with Crippen molar-refractivity contribution >= 4 is 11.4 Å². The minimum Gasteiger partial charge on any atom is -0.508 e. The lowest BCUT2D eigenvalue weighted by Gasteiger charge is -2.24. The van der Waals surface area contributed by atoms with Crippen molar-refractivity contribution in [3.05, 3.63) is 18.2 Å². The summed E-state index contributed by atoms with van der Waals surface area (Å²) >= 11 is 0. The van der Waals surface area contributed by atoms with Gasteiger partial charge in [-0.15, -0.1) is 0 Å².